The van der Waals surface area contributed by atoms with E-state index in [-0.39, 0.29) is 24.3 Å². The number of rotatable bonds is 1. The van der Waals surface area contributed by atoms with Crippen LogP contribution in [0.3, 0.4) is 0 Å². The third-order valence-electron chi connectivity index (χ3n) is 4.02. The van der Waals surface area contributed by atoms with E-state index in [2.05, 4.69) is 5.32 Å². The maximum atomic E-state index is 13.2. The van der Waals surface area contributed by atoms with Gasteiger partial charge in [0.25, 0.3) is 0 Å². The Labute approximate surface area is 135 Å². The Balaban J connectivity index is 1.97. The molecule has 0 radical (unpaired) electrons. The Morgan fingerprint density at radius 3 is 2.33 bits per heavy atom. The van der Waals surface area contributed by atoms with Crippen molar-refractivity contribution in [2.45, 2.75) is 31.5 Å². The van der Waals surface area contributed by atoms with Crippen LogP contribution in [0, 0.1) is 12.7 Å². The number of halogens is 4. The standard InChI is InChI=1S/C15H16F4N2O3/c1-9-8-10(2-3-11(9)16)20-12(22)13(23)21-6-4-14(24,5-7-21)15(17,18)19/h2-3,8,24H,4-7H2,1H3,(H,20,22). The van der Waals surface area contributed by atoms with Crippen LogP contribution < -0.4 is 5.32 Å². The highest BCUT2D eigenvalue weighted by Gasteiger charge is 2.55. The number of amides is 2. The van der Waals surface area contributed by atoms with Crippen LogP contribution in [0.25, 0.3) is 0 Å². The molecule has 0 saturated carbocycles. The summed E-state index contributed by atoms with van der Waals surface area (Å²) >= 11 is 0. The highest BCUT2D eigenvalue weighted by atomic mass is 19.4. The Hall–Kier alpha value is -2.16. The maximum absolute atomic E-state index is 13.2. The van der Waals surface area contributed by atoms with Gasteiger partial charge in [-0.25, -0.2) is 4.39 Å². The van der Waals surface area contributed by atoms with Crippen LogP contribution in [0.5, 0.6) is 0 Å². The lowest BCUT2D eigenvalue weighted by Gasteiger charge is -2.38. The number of piperidine rings is 1. The normalized spacial score (nSPS) is 17.5. The van der Waals surface area contributed by atoms with Gasteiger partial charge in [-0.05, 0) is 30.7 Å². The smallest absolute Gasteiger partial charge is 0.380 e. The van der Waals surface area contributed by atoms with Crippen molar-refractivity contribution in [1.29, 1.82) is 0 Å². The first-order chi connectivity index (χ1) is 11.0. The quantitative estimate of drug-likeness (QED) is 0.602. The third-order valence-corrected chi connectivity index (χ3v) is 4.02. The highest BCUT2D eigenvalue weighted by molar-refractivity contribution is 6.39. The van der Waals surface area contributed by atoms with E-state index in [1.165, 1.54) is 19.1 Å². The van der Waals surface area contributed by atoms with E-state index < -0.39 is 42.3 Å². The zero-order valence-electron chi connectivity index (χ0n) is 12.8. The molecular formula is C15H16F4N2O3. The number of aliphatic hydroxyl groups is 1. The van der Waals surface area contributed by atoms with Crippen LogP contribution in [0.1, 0.15) is 18.4 Å². The molecule has 5 nitrogen and oxygen atoms in total. The van der Waals surface area contributed by atoms with Gasteiger partial charge in [-0.15, -0.1) is 0 Å². The molecule has 0 atom stereocenters. The summed E-state index contributed by atoms with van der Waals surface area (Å²) in [5.41, 5.74) is -2.36. The summed E-state index contributed by atoms with van der Waals surface area (Å²) < 4.78 is 51.3. The Morgan fingerprint density at radius 1 is 1.25 bits per heavy atom. The summed E-state index contributed by atoms with van der Waals surface area (Å²) in [5.74, 6) is -2.50. The molecule has 0 bridgehead atoms. The number of carbonyl (C=O) groups excluding carboxylic acids is 2. The fraction of sp³-hybridized carbons (Fsp3) is 0.467. The van der Waals surface area contributed by atoms with Gasteiger partial charge in [-0.2, -0.15) is 13.2 Å². The number of alkyl halides is 3. The molecule has 1 aliphatic heterocycles. The minimum atomic E-state index is -4.78. The second kappa shape index (κ2) is 6.39. The first-order valence-electron chi connectivity index (χ1n) is 7.19. The Bertz CT molecular complexity index is 653. The lowest BCUT2D eigenvalue weighted by Crippen LogP contribution is -2.55. The van der Waals surface area contributed by atoms with Gasteiger partial charge < -0.3 is 15.3 Å². The zero-order valence-corrected chi connectivity index (χ0v) is 12.8. The lowest BCUT2D eigenvalue weighted by atomic mass is 9.91. The molecule has 24 heavy (non-hydrogen) atoms. The number of anilines is 1. The first kappa shape index (κ1) is 18.2. The lowest BCUT2D eigenvalue weighted by molar-refractivity contribution is -0.271. The van der Waals surface area contributed by atoms with Gasteiger partial charge in [0.2, 0.25) is 0 Å². The highest BCUT2D eigenvalue weighted by Crippen LogP contribution is 2.38. The molecule has 0 unspecified atom stereocenters. The Kier molecular flexibility index (Phi) is 4.84. The van der Waals surface area contributed by atoms with Gasteiger partial charge in [0.15, 0.2) is 5.60 Å². The second-order valence-corrected chi connectivity index (χ2v) is 5.74. The summed E-state index contributed by atoms with van der Waals surface area (Å²) in [5, 5.41) is 11.8. The summed E-state index contributed by atoms with van der Waals surface area (Å²) in [4.78, 5) is 24.8. The molecule has 0 spiro atoms. The van der Waals surface area contributed by atoms with Crippen molar-refractivity contribution in [3.63, 3.8) is 0 Å². The number of aryl methyl sites for hydroxylation is 1. The molecule has 0 aromatic heterocycles. The molecule has 132 valence electrons. The number of carbonyl (C=O) groups is 2. The maximum Gasteiger partial charge on any atom is 0.417 e. The van der Waals surface area contributed by atoms with E-state index in [0.29, 0.717) is 0 Å². The third kappa shape index (κ3) is 3.66. The van der Waals surface area contributed by atoms with Crippen molar-refractivity contribution >= 4 is 17.5 Å². The minimum Gasteiger partial charge on any atom is -0.380 e. The molecule has 1 saturated heterocycles. The molecule has 1 aromatic carbocycles. The molecular weight excluding hydrogens is 332 g/mol. The summed E-state index contributed by atoms with van der Waals surface area (Å²) in [6.45, 7) is 0.713. The van der Waals surface area contributed by atoms with E-state index in [1.807, 2.05) is 0 Å². The van der Waals surface area contributed by atoms with E-state index in [0.717, 1.165) is 11.0 Å². The van der Waals surface area contributed by atoms with Crippen molar-refractivity contribution in [3.05, 3.63) is 29.6 Å². The fourth-order valence-electron chi connectivity index (χ4n) is 2.41. The molecule has 2 N–H and O–H groups in total. The predicted octanol–water partition coefficient (Wildman–Crippen LogP) is 1.99. The second-order valence-electron chi connectivity index (χ2n) is 5.74. The molecule has 2 amide bonds. The van der Waals surface area contributed by atoms with Gasteiger partial charge in [0.1, 0.15) is 5.82 Å². The van der Waals surface area contributed by atoms with Crippen LogP contribution in [-0.2, 0) is 9.59 Å². The summed E-state index contributed by atoms with van der Waals surface area (Å²) in [6.07, 6.45) is -6.16. The SMILES string of the molecule is Cc1cc(NC(=O)C(=O)N2CCC(O)(C(F)(F)F)CC2)ccc1F. The fourth-order valence-corrected chi connectivity index (χ4v) is 2.41. The zero-order chi connectivity index (χ0) is 18.1. The van der Waals surface area contributed by atoms with Crippen LogP contribution in [0.2, 0.25) is 0 Å². The van der Waals surface area contributed by atoms with Gasteiger partial charge in [0, 0.05) is 31.6 Å². The predicted molar refractivity (Wildman–Crippen MR) is 76.6 cm³/mol. The van der Waals surface area contributed by atoms with Crippen molar-refractivity contribution < 1.29 is 32.3 Å². The largest absolute Gasteiger partial charge is 0.417 e. The molecule has 2 rings (SSSR count). The average molecular weight is 348 g/mol. The average Bonchev–Trinajstić information content (AvgIpc) is 2.50. The number of nitrogens with one attached hydrogen (secondary N) is 1. The van der Waals surface area contributed by atoms with Crippen molar-refractivity contribution in [1.82, 2.24) is 4.90 Å². The molecule has 9 heteroatoms. The van der Waals surface area contributed by atoms with Crippen LogP contribution in [0.15, 0.2) is 18.2 Å². The van der Waals surface area contributed by atoms with Gasteiger partial charge in [0.05, 0.1) is 0 Å². The monoisotopic (exact) mass is 348 g/mol. The number of hydrogen-bond donors (Lipinski definition) is 2. The molecule has 1 fully saturated rings. The minimum absolute atomic E-state index is 0.205. The molecule has 1 aliphatic rings. The number of nitrogens with zero attached hydrogens (tertiary/aromatic N) is 1. The Morgan fingerprint density at radius 2 is 1.83 bits per heavy atom. The van der Waals surface area contributed by atoms with Crippen LogP contribution >= 0.6 is 0 Å². The first-order valence-corrected chi connectivity index (χ1v) is 7.19. The topological polar surface area (TPSA) is 69.6 Å². The van der Waals surface area contributed by atoms with Crippen molar-refractivity contribution in [2.75, 3.05) is 18.4 Å². The number of benzene rings is 1. The van der Waals surface area contributed by atoms with Gasteiger partial charge >= 0.3 is 18.0 Å². The van der Waals surface area contributed by atoms with Crippen molar-refractivity contribution in [3.8, 4) is 0 Å². The van der Waals surface area contributed by atoms with Crippen LogP contribution in [-0.4, -0.2) is 46.7 Å². The van der Waals surface area contributed by atoms with E-state index in [1.54, 1.807) is 0 Å². The summed E-state index contributed by atoms with van der Waals surface area (Å²) in [6, 6.07) is 3.73. The van der Waals surface area contributed by atoms with E-state index in [4.69, 9.17) is 0 Å². The summed E-state index contributed by atoms with van der Waals surface area (Å²) in [7, 11) is 0. The van der Waals surface area contributed by atoms with E-state index in [9.17, 15) is 32.3 Å². The number of likely N-dealkylation sites (tertiary alicyclic amines) is 1. The van der Waals surface area contributed by atoms with Gasteiger partial charge in [-0.3, -0.25) is 9.59 Å². The molecule has 1 aromatic rings. The van der Waals surface area contributed by atoms with Gasteiger partial charge in [-0.1, -0.05) is 0 Å². The van der Waals surface area contributed by atoms with Crippen molar-refractivity contribution in [2.24, 2.45) is 0 Å². The number of hydrogen-bond acceptors (Lipinski definition) is 3. The molecule has 0 aliphatic carbocycles. The van der Waals surface area contributed by atoms with Crippen LogP contribution in [0.4, 0.5) is 23.2 Å². The molecule has 1 heterocycles. The van der Waals surface area contributed by atoms with E-state index >= 15 is 0 Å².